The molecular formula is C19H22N4O. The molecule has 3 heterocycles. The van der Waals surface area contributed by atoms with Gasteiger partial charge >= 0.3 is 0 Å². The molecule has 0 amide bonds. The van der Waals surface area contributed by atoms with Gasteiger partial charge in [0.25, 0.3) is 0 Å². The zero-order valence-corrected chi connectivity index (χ0v) is 13.9. The molecule has 3 aromatic rings. The van der Waals surface area contributed by atoms with Crippen LogP contribution in [0.4, 0.5) is 0 Å². The molecule has 5 nitrogen and oxygen atoms in total. The molecule has 4 rings (SSSR count). The second-order valence-corrected chi connectivity index (χ2v) is 6.49. The molecule has 0 saturated carbocycles. The first-order chi connectivity index (χ1) is 11.8. The Morgan fingerprint density at radius 1 is 1.21 bits per heavy atom. The third-order valence-electron chi connectivity index (χ3n) is 4.61. The molecule has 1 aromatic carbocycles. The van der Waals surface area contributed by atoms with E-state index in [0.29, 0.717) is 6.04 Å². The molecule has 0 radical (unpaired) electrons. The molecule has 24 heavy (non-hydrogen) atoms. The molecule has 124 valence electrons. The van der Waals surface area contributed by atoms with Gasteiger partial charge in [0.1, 0.15) is 0 Å². The summed E-state index contributed by atoms with van der Waals surface area (Å²) in [5.41, 5.74) is 2.28. The third kappa shape index (κ3) is 3.26. The lowest BCUT2D eigenvalue weighted by Crippen LogP contribution is -2.32. The number of oxazole rings is 1. The van der Waals surface area contributed by atoms with Gasteiger partial charge in [0.05, 0.1) is 25.5 Å². The van der Waals surface area contributed by atoms with Crippen LogP contribution in [0.1, 0.15) is 24.3 Å². The summed E-state index contributed by atoms with van der Waals surface area (Å²) in [7, 11) is 0. The van der Waals surface area contributed by atoms with E-state index in [1.165, 1.54) is 18.4 Å². The van der Waals surface area contributed by atoms with Crippen molar-refractivity contribution in [2.45, 2.75) is 38.9 Å². The Hall–Kier alpha value is -2.40. The second kappa shape index (κ2) is 6.61. The maximum absolute atomic E-state index is 5.96. The van der Waals surface area contributed by atoms with Gasteiger partial charge < -0.3 is 4.42 Å². The maximum Gasteiger partial charge on any atom is 0.209 e. The summed E-state index contributed by atoms with van der Waals surface area (Å²) in [6, 6.07) is 10.6. The van der Waals surface area contributed by atoms with Gasteiger partial charge in [0.15, 0.2) is 5.76 Å². The Morgan fingerprint density at radius 3 is 2.88 bits per heavy atom. The fraction of sp³-hybridized carbons (Fsp3) is 0.368. The number of hydrogen-bond acceptors (Lipinski definition) is 4. The van der Waals surface area contributed by atoms with Crippen LogP contribution in [-0.4, -0.2) is 32.3 Å². The average Bonchev–Trinajstić information content (AvgIpc) is 3.32. The fourth-order valence-electron chi connectivity index (χ4n) is 3.39. The lowest BCUT2D eigenvalue weighted by atomic mass is 10.2. The van der Waals surface area contributed by atoms with E-state index in [1.807, 2.05) is 47.4 Å². The fourth-order valence-corrected chi connectivity index (χ4v) is 3.39. The smallest absolute Gasteiger partial charge is 0.209 e. The van der Waals surface area contributed by atoms with Gasteiger partial charge in [-0.3, -0.25) is 9.58 Å². The predicted molar refractivity (Wildman–Crippen MR) is 92.3 cm³/mol. The van der Waals surface area contributed by atoms with E-state index >= 15 is 0 Å². The average molecular weight is 322 g/mol. The minimum atomic E-state index is 0.497. The highest BCUT2D eigenvalue weighted by atomic mass is 16.4. The molecule has 2 aromatic heterocycles. The summed E-state index contributed by atoms with van der Waals surface area (Å²) in [5, 5.41) is 4.42. The number of rotatable bonds is 5. The Morgan fingerprint density at radius 2 is 2.08 bits per heavy atom. The molecule has 1 atom stereocenters. The van der Waals surface area contributed by atoms with Crippen LogP contribution in [0.2, 0.25) is 0 Å². The molecule has 1 fully saturated rings. The standard InChI is InChI=1S/C19H22N4O/c1-15-10-21-23(12-15)13-17-8-5-9-22(17)14-19-20-11-18(24-19)16-6-3-2-4-7-16/h2-4,6-7,10-12,17H,5,8-9,13-14H2,1H3/t17-/m1/s1. The van der Waals surface area contributed by atoms with Crippen molar-refractivity contribution in [2.75, 3.05) is 6.54 Å². The van der Waals surface area contributed by atoms with E-state index in [9.17, 15) is 0 Å². The summed E-state index contributed by atoms with van der Waals surface area (Å²) in [6.07, 6.45) is 8.27. The number of aromatic nitrogens is 3. The van der Waals surface area contributed by atoms with Gasteiger partial charge in [-0.2, -0.15) is 5.10 Å². The number of hydrogen-bond donors (Lipinski definition) is 0. The molecule has 0 aliphatic carbocycles. The zero-order valence-electron chi connectivity index (χ0n) is 13.9. The molecule has 0 bridgehead atoms. The monoisotopic (exact) mass is 322 g/mol. The normalized spacial score (nSPS) is 18.3. The first kappa shape index (κ1) is 15.1. The molecule has 0 N–H and O–H groups in total. The van der Waals surface area contributed by atoms with Crippen molar-refractivity contribution in [3.8, 4) is 11.3 Å². The summed E-state index contributed by atoms with van der Waals surface area (Å²) in [5.74, 6) is 1.63. The van der Waals surface area contributed by atoms with Gasteiger partial charge in [-0.05, 0) is 31.9 Å². The largest absolute Gasteiger partial charge is 0.439 e. The van der Waals surface area contributed by atoms with Crippen molar-refractivity contribution in [1.82, 2.24) is 19.7 Å². The van der Waals surface area contributed by atoms with E-state index in [0.717, 1.165) is 36.8 Å². The Bertz CT molecular complexity index is 793. The van der Waals surface area contributed by atoms with Crippen LogP contribution in [-0.2, 0) is 13.1 Å². The molecule has 0 unspecified atom stereocenters. The predicted octanol–water partition coefficient (Wildman–Crippen LogP) is 3.51. The Balaban J connectivity index is 1.43. The van der Waals surface area contributed by atoms with Crippen LogP contribution in [0.15, 0.2) is 53.3 Å². The molecule has 5 heteroatoms. The zero-order chi connectivity index (χ0) is 16.4. The van der Waals surface area contributed by atoms with E-state index in [4.69, 9.17) is 4.42 Å². The summed E-state index contributed by atoms with van der Waals surface area (Å²) in [6.45, 7) is 4.86. The van der Waals surface area contributed by atoms with Crippen LogP contribution >= 0.6 is 0 Å². The van der Waals surface area contributed by atoms with Gasteiger partial charge in [0, 0.05) is 17.8 Å². The first-order valence-electron chi connectivity index (χ1n) is 8.51. The number of likely N-dealkylation sites (tertiary alicyclic amines) is 1. The summed E-state index contributed by atoms with van der Waals surface area (Å²) in [4.78, 5) is 6.93. The van der Waals surface area contributed by atoms with E-state index in [-0.39, 0.29) is 0 Å². The van der Waals surface area contributed by atoms with Gasteiger partial charge in [-0.15, -0.1) is 0 Å². The molecule has 1 aliphatic rings. The van der Waals surface area contributed by atoms with Crippen molar-refractivity contribution in [3.63, 3.8) is 0 Å². The molecule has 0 spiro atoms. The van der Waals surface area contributed by atoms with Gasteiger partial charge in [0.2, 0.25) is 5.89 Å². The minimum absolute atomic E-state index is 0.497. The molecular weight excluding hydrogens is 300 g/mol. The summed E-state index contributed by atoms with van der Waals surface area (Å²) < 4.78 is 8.00. The second-order valence-electron chi connectivity index (χ2n) is 6.49. The van der Waals surface area contributed by atoms with Gasteiger partial charge in [-0.1, -0.05) is 30.3 Å². The third-order valence-corrected chi connectivity index (χ3v) is 4.61. The summed E-state index contributed by atoms with van der Waals surface area (Å²) >= 11 is 0. The van der Waals surface area contributed by atoms with Crippen molar-refractivity contribution < 1.29 is 4.42 Å². The van der Waals surface area contributed by atoms with Crippen molar-refractivity contribution in [3.05, 3.63) is 60.4 Å². The number of nitrogens with zero attached hydrogens (tertiary/aromatic N) is 4. The highest BCUT2D eigenvalue weighted by Crippen LogP contribution is 2.24. The van der Waals surface area contributed by atoms with E-state index in [1.54, 1.807) is 0 Å². The van der Waals surface area contributed by atoms with Crippen LogP contribution in [0, 0.1) is 6.92 Å². The van der Waals surface area contributed by atoms with Gasteiger partial charge in [-0.25, -0.2) is 4.98 Å². The highest BCUT2D eigenvalue weighted by Gasteiger charge is 2.26. The van der Waals surface area contributed by atoms with Crippen LogP contribution in [0.5, 0.6) is 0 Å². The maximum atomic E-state index is 5.96. The van der Waals surface area contributed by atoms with Crippen LogP contribution < -0.4 is 0 Å². The Kier molecular flexibility index (Phi) is 4.17. The van der Waals surface area contributed by atoms with E-state index in [2.05, 4.69) is 28.1 Å². The minimum Gasteiger partial charge on any atom is -0.439 e. The number of benzene rings is 1. The number of aryl methyl sites for hydroxylation is 1. The Labute approximate surface area is 141 Å². The molecule has 1 saturated heterocycles. The van der Waals surface area contributed by atoms with Crippen molar-refractivity contribution in [1.29, 1.82) is 0 Å². The van der Waals surface area contributed by atoms with Crippen LogP contribution in [0.3, 0.4) is 0 Å². The van der Waals surface area contributed by atoms with Crippen molar-refractivity contribution in [2.24, 2.45) is 0 Å². The first-order valence-corrected chi connectivity index (χ1v) is 8.51. The molecule has 1 aliphatic heterocycles. The van der Waals surface area contributed by atoms with Crippen LogP contribution in [0.25, 0.3) is 11.3 Å². The quantitative estimate of drug-likeness (QED) is 0.721. The lowest BCUT2D eigenvalue weighted by Gasteiger charge is -2.22. The van der Waals surface area contributed by atoms with E-state index < -0.39 is 0 Å². The topological polar surface area (TPSA) is 47.1 Å². The lowest BCUT2D eigenvalue weighted by molar-refractivity contribution is 0.200. The SMILES string of the molecule is Cc1cnn(C[C@H]2CCCN2Cc2ncc(-c3ccccc3)o2)c1. The van der Waals surface area contributed by atoms with Crippen molar-refractivity contribution >= 4 is 0 Å². The highest BCUT2D eigenvalue weighted by molar-refractivity contribution is 5.55.